The van der Waals surface area contributed by atoms with Gasteiger partial charge in [-0.1, -0.05) is 22.9 Å². The second-order valence-corrected chi connectivity index (χ2v) is 11.8. The van der Waals surface area contributed by atoms with Crippen LogP contribution < -0.4 is 15.0 Å². The average molecular weight is 537 g/mol. The van der Waals surface area contributed by atoms with Crippen molar-refractivity contribution in [2.45, 2.75) is 18.2 Å². The molecule has 1 fully saturated rings. The van der Waals surface area contributed by atoms with Crippen molar-refractivity contribution in [3.05, 3.63) is 47.5 Å². The third kappa shape index (κ3) is 6.84. The van der Waals surface area contributed by atoms with E-state index in [2.05, 4.69) is 15.1 Å². The predicted octanol–water partition coefficient (Wildman–Crippen LogP) is 3.45. The summed E-state index contributed by atoms with van der Waals surface area (Å²) in [6.45, 7) is 7.31. The lowest BCUT2D eigenvalue weighted by atomic mass is 10.3. The van der Waals surface area contributed by atoms with Crippen LogP contribution in [0.15, 0.2) is 47.4 Å². The normalized spacial score (nSPS) is 14.9. The minimum absolute atomic E-state index is 0.0681. The first-order chi connectivity index (χ1) is 16.8. The van der Waals surface area contributed by atoms with E-state index in [0.29, 0.717) is 18.2 Å². The molecule has 0 unspecified atom stereocenters. The largest absolute Gasteiger partial charge is 0.494 e. The number of sulfone groups is 1. The molecule has 4 rings (SSSR count). The predicted molar refractivity (Wildman–Crippen MR) is 141 cm³/mol. The summed E-state index contributed by atoms with van der Waals surface area (Å²) in [6, 6.07) is 12.0. The van der Waals surface area contributed by atoms with Gasteiger partial charge in [0.15, 0.2) is 15.0 Å². The number of piperazine rings is 1. The van der Waals surface area contributed by atoms with Crippen LogP contribution in [-0.2, 0) is 14.6 Å². The number of halogens is 1. The van der Waals surface area contributed by atoms with E-state index in [1.165, 1.54) is 24.3 Å². The number of hydrogen-bond acceptors (Lipinski definition) is 8. The molecule has 1 saturated heterocycles. The number of benzene rings is 2. The zero-order chi connectivity index (χ0) is 24.8. The zero-order valence-corrected chi connectivity index (χ0v) is 22.0. The molecule has 0 bridgehead atoms. The molecule has 11 heteroatoms. The SMILES string of the molecule is CCOc1ccc2nc(N3CCN(CCNC(=O)CCS(=O)(=O)c4ccc(Cl)cc4)CC3)sc2c1. The molecule has 8 nitrogen and oxygen atoms in total. The van der Waals surface area contributed by atoms with Crippen molar-refractivity contribution in [3.8, 4) is 5.75 Å². The zero-order valence-electron chi connectivity index (χ0n) is 19.6. The van der Waals surface area contributed by atoms with Crippen LogP contribution in [-0.4, -0.2) is 75.8 Å². The Bertz CT molecular complexity index is 1260. The number of hydrogen-bond donors (Lipinski definition) is 1. The maximum Gasteiger partial charge on any atom is 0.221 e. The second-order valence-electron chi connectivity index (χ2n) is 8.26. The fourth-order valence-electron chi connectivity index (χ4n) is 3.88. The Morgan fingerprint density at radius 2 is 1.89 bits per heavy atom. The van der Waals surface area contributed by atoms with E-state index in [9.17, 15) is 13.2 Å². The van der Waals surface area contributed by atoms with Gasteiger partial charge in [0, 0.05) is 50.7 Å². The minimum atomic E-state index is -3.51. The smallest absolute Gasteiger partial charge is 0.221 e. The lowest BCUT2D eigenvalue weighted by Crippen LogP contribution is -2.48. The van der Waals surface area contributed by atoms with Gasteiger partial charge in [-0.05, 0) is 49.4 Å². The van der Waals surface area contributed by atoms with Gasteiger partial charge < -0.3 is 15.0 Å². The van der Waals surface area contributed by atoms with Crippen molar-refractivity contribution in [3.63, 3.8) is 0 Å². The number of ether oxygens (including phenoxy) is 1. The van der Waals surface area contributed by atoms with Crippen LogP contribution in [0.5, 0.6) is 5.75 Å². The maximum absolute atomic E-state index is 12.4. The summed E-state index contributed by atoms with van der Waals surface area (Å²) in [4.78, 5) is 21.7. The van der Waals surface area contributed by atoms with Crippen LogP contribution >= 0.6 is 22.9 Å². The Kier molecular flexibility index (Phi) is 8.48. The molecular weight excluding hydrogens is 508 g/mol. The molecule has 3 aromatic rings. The third-order valence-electron chi connectivity index (χ3n) is 5.82. The quantitative estimate of drug-likeness (QED) is 0.424. The molecule has 1 aliphatic heterocycles. The molecule has 1 aliphatic rings. The first-order valence-corrected chi connectivity index (χ1v) is 14.4. The molecule has 0 atom stereocenters. The summed E-state index contributed by atoms with van der Waals surface area (Å²) in [5, 5.41) is 4.33. The van der Waals surface area contributed by atoms with E-state index in [-0.39, 0.29) is 23.0 Å². The van der Waals surface area contributed by atoms with Gasteiger partial charge in [-0.3, -0.25) is 9.69 Å². The molecule has 1 amide bonds. The van der Waals surface area contributed by atoms with E-state index in [4.69, 9.17) is 21.3 Å². The summed E-state index contributed by atoms with van der Waals surface area (Å²) in [6.07, 6.45) is -0.0681. The highest BCUT2D eigenvalue weighted by Crippen LogP contribution is 2.32. The van der Waals surface area contributed by atoms with Gasteiger partial charge in [0.05, 0.1) is 27.5 Å². The average Bonchev–Trinajstić information content (AvgIpc) is 3.27. The molecule has 0 spiro atoms. The topological polar surface area (TPSA) is 91.8 Å². The Hall–Kier alpha value is -2.40. The number of anilines is 1. The minimum Gasteiger partial charge on any atom is -0.494 e. The van der Waals surface area contributed by atoms with Crippen LogP contribution in [0, 0.1) is 0 Å². The highest BCUT2D eigenvalue weighted by atomic mass is 35.5. The molecular formula is C24H29ClN4O4S2. The Morgan fingerprint density at radius 3 is 2.60 bits per heavy atom. The maximum atomic E-state index is 12.4. The highest BCUT2D eigenvalue weighted by molar-refractivity contribution is 7.91. The lowest BCUT2D eigenvalue weighted by molar-refractivity contribution is -0.120. The van der Waals surface area contributed by atoms with E-state index in [1.54, 1.807) is 11.3 Å². The standard InChI is InChI=1S/C24H29ClN4O4S2/c1-2-33-19-5-8-21-22(17-19)34-24(27-21)29-14-12-28(13-15-29)11-10-26-23(30)9-16-35(31,32)20-6-3-18(25)4-7-20/h3-8,17H,2,9-16H2,1H3,(H,26,30). The van der Waals surface area contributed by atoms with Gasteiger partial charge in [-0.15, -0.1) is 0 Å². The number of nitrogens with one attached hydrogen (secondary N) is 1. The molecule has 1 aromatic heterocycles. The highest BCUT2D eigenvalue weighted by Gasteiger charge is 2.20. The molecule has 0 aliphatic carbocycles. The summed E-state index contributed by atoms with van der Waals surface area (Å²) >= 11 is 7.49. The number of thiazole rings is 1. The van der Waals surface area contributed by atoms with E-state index in [1.807, 2.05) is 25.1 Å². The van der Waals surface area contributed by atoms with Crippen LogP contribution in [0.3, 0.4) is 0 Å². The van der Waals surface area contributed by atoms with Crippen molar-refractivity contribution in [1.29, 1.82) is 0 Å². The third-order valence-corrected chi connectivity index (χ3v) is 8.89. The molecule has 0 saturated carbocycles. The van der Waals surface area contributed by atoms with Gasteiger partial charge in [0.25, 0.3) is 0 Å². The van der Waals surface area contributed by atoms with Gasteiger partial charge in [-0.2, -0.15) is 0 Å². The van der Waals surface area contributed by atoms with Gasteiger partial charge in [0.1, 0.15) is 5.75 Å². The Labute approximate surface area is 214 Å². The fraction of sp³-hybridized carbons (Fsp3) is 0.417. The lowest BCUT2D eigenvalue weighted by Gasteiger charge is -2.34. The number of nitrogens with zero attached hydrogens (tertiary/aromatic N) is 3. The first-order valence-electron chi connectivity index (χ1n) is 11.6. The van der Waals surface area contributed by atoms with Gasteiger partial charge >= 0.3 is 0 Å². The van der Waals surface area contributed by atoms with Crippen LogP contribution in [0.2, 0.25) is 5.02 Å². The van der Waals surface area contributed by atoms with E-state index >= 15 is 0 Å². The van der Waals surface area contributed by atoms with Crippen molar-refractivity contribution in [2.24, 2.45) is 0 Å². The number of aromatic nitrogens is 1. The van der Waals surface area contributed by atoms with Crippen LogP contribution in [0.1, 0.15) is 13.3 Å². The fourth-order valence-corrected chi connectivity index (χ4v) is 6.29. The summed E-state index contributed by atoms with van der Waals surface area (Å²) in [7, 11) is -3.51. The number of fused-ring (bicyclic) bond motifs is 1. The van der Waals surface area contributed by atoms with Crippen LogP contribution in [0.4, 0.5) is 5.13 Å². The Morgan fingerprint density at radius 1 is 1.14 bits per heavy atom. The molecule has 1 N–H and O–H groups in total. The molecule has 188 valence electrons. The second kappa shape index (κ2) is 11.6. The van der Waals surface area contributed by atoms with E-state index < -0.39 is 9.84 Å². The van der Waals surface area contributed by atoms with Gasteiger partial charge in [0.2, 0.25) is 5.91 Å². The van der Waals surface area contributed by atoms with Crippen molar-refractivity contribution in [1.82, 2.24) is 15.2 Å². The summed E-state index contributed by atoms with van der Waals surface area (Å²) in [5.74, 6) is 0.375. The molecule has 2 aromatic carbocycles. The molecule has 35 heavy (non-hydrogen) atoms. The molecule has 0 radical (unpaired) electrons. The summed E-state index contributed by atoms with van der Waals surface area (Å²) < 4.78 is 31.5. The van der Waals surface area contributed by atoms with Crippen molar-refractivity contribution < 1.29 is 17.9 Å². The van der Waals surface area contributed by atoms with Gasteiger partial charge in [-0.25, -0.2) is 13.4 Å². The Balaban J connectivity index is 1.18. The number of rotatable bonds is 10. The number of carbonyl (C=O) groups excluding carboxylic acids is 1. The summed E-state index contributed by atoms with van der Waals surface area (Å²) in [5.41, 5.74) is 0.983. The van der Waals surface area contributed by atoms with E-state index in [0.717, 1.165) is 53.8 Å². The monoisotopic (exact) mass is 536 g/mol. The van der Waals surface area contributed by atoms with Crippen molar-refractivity contribution >= 4 is 54.0 Å². The van der Waals surface area contributed by atoms with Crippen molar-refractivity contribution in [2.75, 3.05) is 56.5 Å². The van der Waals surface area contributed by atoms with Crippen LogP contribution in [0.25, 0.3) is 10.2 Å². The molecule has 2 heterocycles. The number of amides is 1. The number of carbonyl (C=O) groups is 1. The first kappa shape index (κ1) is 25.7.